The lowest BCUT2D eigenvalue weighted by atomic mass is 10.0. The van der Waals surface area contributed by atoms with Crippen LogP contribution in [0.5, 0.6) is 5.75 Å². The summed E-state index contributed by atoms with van der Waals surface area (Å²) in [7, 11) is 0. The first-order valence-electron chi connectivity index (χ1n) is 11.5. The Bertz CT molecular complexity index is 1130. The number of nitrogen functional groups attached to an aromatic ring is 1. The number of carboxylic acid groups (broad SMARTS) is 1. The first-order chi connectivity index (χ1) is 16.3. The lowest BCUT2D eigenvalue weighted by Crippen LogP contribution is -2.46. The maximum atomic E-state index is 13.2. The third-order valence-electron chi connectivity index (χ3n) is 6.38. The molecule has 2 fully saturated rings. The second-order valence-corrected chi connectivity index (χ2v) is 8.65. The number of rotatable bonds is 6. The lowest BCUT2D eigenvalue weighted by molar-refractivity contribution is -0.136. The number of likely N-dealkylation sites (tertiary alicyclic amines) is 1. The van der Waals surface area contributed by atoms with Crippen molar-refractivity contribution in [1.29, 1.82) is 10.8 Å². The van der Waals surface area contributed by atoms with Gasteiger partial charge in [0.25, 0.3) is 0 Å². The fraction of sp³-hybridized carbons (Fsp3) is 0.360. The number of nitrogens with two attached hydrogens (primary N) is 1. The summed E-state index contributed by atoms with van der Waals surface area (Å²) in [5.74, 6) is -1.55. The van der Waals surface area contributed by atoms with Gasteiger partial charge in [-0.1, -0.05) is 12.1 Å². The molecule has 0 aromatic heterocycles. The van der Waals surface area contributed by atoms with Crippen LogP contribution in [0, 0.1) is 10.8 Å². The van der Waals surface area contributed by atoms with Crippen LogP contribution in [-0.4, -0.2) is 59.3 Å². The van der Waals surface area contributed by atoms with Gasteiger partial charge in [-0.2, -0.15) is 0 Å². The largest absolute Gasteiger partial charge is 0.478 e. The molecule has 2 heterocycles. The van der Waals surface area contributed by atoms with Gasteiger partial charge in [-0.05, 0) is 62.4 Å². The van der Waals surface area contributed by atoms with Crippen molar-refractivity contribution >= 4 is 29.3 Å². The molecule has 2 aliphatic rings. The zero-order valence-corrected chi connectivity index (χ0v) is 18.9. The molecule has 0 unspecified atom stereocenters. The molecule has 1 atom stereocenters. The van der Waals surface area contributed by atoms with Gasteiger partial charge in [0.15, 0.2) is 0 Å². The smallest absolute Gasteiger partial charge is 0.339 e. The minimum atomic E-state index is -1.21. The van der Waals surface area contributed by atoms with E-state index < -0.39 is 18.0 Å². The van der Waals surface area contributed by atoms with Gasteiger partial charge in [-0.25, -0.2) is 9.59 Å². The fourth-order valence-electron chi connectivity index (χ4n) is 4.57. The summed E-state index contributed by atoms with van der Waals surface area (Å²) in [4.78, 5) is 29.0. The van der Waals surface area contributed by atoms with E-state index in [0.717, 1.165) is 44.5 Å². The van der Waals surface area contributed by atoms with Crippen LogP contribution in [0.2, 0.25) is 0 Å². The van der Waals surface area contributed by atoms with Crippen LogP contribution >= 0.6 is 0 Å². The summed E-state index contributed by atoms with van der Waals surface area (Å²) < 4.78 is 5.62. The van der Waals surface area contributed by atoms with E-state index in [-0.39, 0.29) is 23.0 Å². The molecule has 0 amide bonds. The van der Waals surface area contributed by atoms with Crippen LogP contribution in [0.15, 0.2) is 42.5 Å². The second kappa shape index (κ2) is 9.94. The Kier molecular flexibility index (Phi) is 6.81. The molecular formula is C25H29N5O4. The highest BCUT2D eigenvalue weighted by Gasteiger charge is 2.32. The van der Waals surface area contributed by atoms with Crippen LogP contribution in [-0.2, 0) is 4.79 Å². The molecule has 2 aromatic carbocycles. The van der Waals surface area contributed by atoms with Gasteiger partial charge >= 0.3 is 11.9 Å². The molecule has 2 aromatic rings. The number of esters is 1. The number of amidine groups is 2. The highest BCUT2D eigenvalue weighted by atomic mass is 16.5. The zero-order chi connectivity index (χ0) is 24.2. The normalized spacial score (nSPS) is 17.9. The maximum absolute atomic E-state index is 13.2. The molecule has 0 radical (unpaired) electrons. The molecule has 5 N–H and O–H groups in total. The van der Waals surface area contributed by atoms with Crippen LogP contribution in [0.25, 0.3) is 0 Å². The summed E-state index contributed by atoms with van der Waals surface area (Å²) in [6, 6.07) is 11.1. The number of carbonyl (C=O) groups excluding carboxylic acids is 1. The Morgan fingerprint density at radius 1 is 0.971 bits per heavy atom. The molecular weight excluding hydrogens is 434 g/mol. The first kappa shape index (κ1) is 23.3. The molecule has 9 heteroatoms. The van der Waals surface area contributed by atoms with Crippen molar-refractivity contribution in [2.45, 2.75) is 38.1 Å². The Labute approximate surface area is 198 Å². The Hall–Kier alpha value is -3.88. The Morgan fingerprint density at radius 3 is 2.41 bits per heavy atom. The van der Waals surface area contributed by atoms with Crippen LogP contribution in [0.3, 0.4) is 0 Å². The number of hydrogen-bond donors (Lipinski definition) is 4. The van der Waals surface area contributed by atoms with Gasteiger partial charge in [0.2, 0.25) is 0 Å². The van der Waals surface area contributed by atoms with E-state index in [4.69, 9.17) is 21.3 Å². The Morgan fingerprint density at radius 2 is 1.71 bits per heavy atom. The minimum Gasteiger partial charge on any atom is -0.478 e. The highest BCUT2D eigenvalue weighted by Crippen LogP contribution is 2.28. The second-order valence-electron chi connectivity index (χ2n) is 8.65. The van der Waals surface area contributed by atoms with E-state index in [2.05, 4.69) is 0 Å². The van der Waals surface area contributed by atoms with Crippen molar-refractivity contribution < 1.29 is 19.4 Å². The Balaban J connectivity index is 1.56. The van der Waals surface area contributed by atoms with Crippen molar-refractivity contribution in [3.63, 3.8) is 0 Å². The molecule has 0 spiro atoms. The molecule has 0 aliphatic carbocycles. The van der Waals surface area contributed by atoms with Gasteiger partial charge in [0, 0.05) is 36.4 Å². The summed E-state index contributed by atoms with van der Waals surface area (Å²) in [5, 5.41) is 25.8. The molecule has 0 bridgehead atoms. The number of carboxylic acids is 1. The van der Waals surface area contributed by atoms with Crippen LogP contribution in [0.1, 0.15) is 53.6 Å². The molecule has 4 rings (SSSR count). The summed E-state index contributed by atoms with van der Waals surface area (Å²) in [6.07, 6.45) is 4.35. The SMILES string of the molecule is N=C(N)c1cccc(N2CCCC[C@@H]2C(=O)Oc2ccc(C(=N)N3CCCC3)cc2C(=O)O)c1. The number of nitrogens with one attached hydrogen (secondary N) is 2. The number of hydrogen-bond acceptors (Lipinski definition) is 6. The number of piperidine rings is 1. The van der Waals surface area contributed by atoms with Crippen molar-refractivity contribution in [3.05, 3.63) is 59.2 Å². The number of nitrogens with zero attached hydrogens (tertiary/aromatic N) is 2. The first-order valence-corrected chi connectivity index (χ1v) is 11.5. The van der Waals surface area contributed by atoms with E-state index in [1.54, 1.807) is 24.3 Å². The topological polar surface area (TPSA) is 144 Å². The van der Waals surface area contributed by atoms with E-state index in [0.29, 0.717) is 24.1 Å². The molecule has 9 nitrogen and oxygen atoms in total. The van der Waals surface area contributed by atoms with Crippen LogP contribution in [0.4, 0.5) is 5.69 Å². The third kappa shape index (κ3) is 4.88. The van der Waals surface area contributed by atoms with E-state index in [1.165, 1.54) is 12.1 Å². The van der Waals surface area contributed by atoms with Gasteiger partial charge in [0.05, 0.1) is 0 Å². The van der Waals surface area contributed by atoms with Crippen molar-refractivity contribution in [2.24, 2.45) is 5.73 Å². The van der Waals surface area contributed by atoms with Gasteiger partial charge in [-0.3, -0.25) is 10.8 Å². The average Bonchev–Trinajstić information content (AvgIpc) is 3.39. The quantitative estimate of drug-likeness (QED) is 0.223. The summed E-state index contributed by atoms with van der Waals surface area (Å²) >= 11 is 0. The van der Waals surface area contributed by atoms with E-state index in [1.807, 2.05) is 15.9 Å². The predicted molar refractivity (Wildman–Crippen MR) is 129 cm³/mol. The van der Waals surface area contributed by atoms with Crippen molar-refractivity contribution in [1.82, 2.24) is 4.90 Å². The van der Waals surface area contributed by atoms with Gasteiger partial charge < -0.3 is 25.4 Å². The highest BCUT2D eigenvalue weighted by molar-refractivity contribution is 6.01. The standard InChI is InChI=1S/C25H29N5O4/c26-22(27)16-6-5-7-18(14-16)30-13-2-1-8-20(30)25(33)34-21-10-9-17(15-19(21)24(31)32)23(28)29-11-3-4-12-29/h5-7,9-10,14-15,20,28H,1-4,8,11-13H2,(H3,26,27)(H,31,32)/t20-/m1/s1. The molecule has 2 saturated heterocycles. The number of benzene rings is 2. The van der Waals surface area contributed by atoms with E-state index >= 15 is 0 Å². The van der Waals surface area contributed by atoms with Gasteiger partial charge in [-0.15, -0.1) is 0 Å². The predicted octanol–water partition coefficient (Wildman–Crippen LogP) is 3.05. The molecule has 34 heavy (non-hydrogen) atoms. The summed E-state index contributed by atoms with van der Waals surface area (Å²) in [6.45, 7) is 2.19. The molecule has 2 aliphatic heterocycles. The van der Waals surface area contributed by atoms with Crippen molar-refractivity contribution in [2.75, 3.05) is 24.5 Å². The van der Waals surface area contributed by atoms with Crippen molar-refractivity contribution in [3.8, 4) is 5.75 Å². The molecule has 178 valence electrons. The minimum absolute atomic E-state index is 0.0292. The zero-order valence-electron chi connectivity index (χ0n) is 18.9. The third-order valence-corrected chi connectivity index (χ3v) is 6.38. The van der Waals surface area contributed by atoms with Crippen LogP contribution < -0.4 is 15.4 Å². The van der Waals surface area contributed by atoms with Gasteiger partial charge in [0.1, 0.15) is 29.0 Å². The molecule has 0 saturated carbocycles. The fourth-order valence-corrected chi connectivity index (χ4v) is 4.57. The number of aromatic carboxylic acids is 1. The van der Waals surface area contributed by atoms with E-state index in [9.17, 15) is 14.7 Å². The number of anilines is 1. The maximum Gasteiger partial charge on any atom is 0.339 e. The summed E-state index contributed by atoms with van der Waals surface area (Å²) in [5.41, 5.74) is 7.30. The number of ether oxygens (including phenoxy) is 1. The number of carbonyl (C=O) groups is 2. The average molecular weight is 464 g/mol. The monoisotopic (exact) mass is 463 g/mol. The lowest BCUT2D eigenvalue weighted by Gasteiger charge is -2.36.